The molecule has 0 aliphatic rings. The maximum Gasteiger partial charge on any atom is 0.275 e. The number of nitriles is 2. The molecule has 1 aromatic carbocycles. The van der Waals surface area contributed by atoms with Gasteiger partial charge in [0, 0.05) is 12.7 Å². The average Bonchev–Trinajstić information content (AvgIpc) is 2.61. The summed E-state index contributed by atoms with van der Waals surface area (Å²) in [6.45, 7) is 0.423. The van der Waals surface area contributed by atoms with Crippen molar-refractivity contribution in [3.63, 3.8) is 0 Å². The first-order valence-corrected chi connectivity index (χ1v) is 7.01. The highest BCUT2D eigenvalue weighted by atomic mass is 16.1. The first-order valence-electron chi connectivity index (χ1n) is 7.01. The van der Waals surface area contributed by atoms with E-state index in [1.807, 2.05) is 36.4 Å². The van der Waals surface area contributed by atoms with Crippen molar-refractivity contribution in [3.05, 3.63) is 81.8 Å². The van der Waals surface area contributed by atoms with E-state index >= 15 is 0 Å². The van der Waals surface area contributed by atoms with E-state index in [4.69, 9.17) is 0 Å². The number of hydrogen-bond donors (Lipinski definition) is 1. The molecule has 0 spiro atoms. The summed E-state index contributed by atoms with van der Waals surface area (Å²) in [5.41, 5.74) is 1.56. The lowest BCUT2D eigenvalue weighted by molar-refractivity contribution is 1.06. The number of nitrogens with zero attached hydrogens (tertiary/aromatic N) is 3. The van der Waals surface area contributed by atoms with E-state index in [0.29, 0.717) is 12.1 Å². The third-order valence-electron chi connectivity index (χ3n) is 3.58. The predicted octanol–water partition coefficient (Wildman–Crippen LogP) is 2.65. The number of hydrogen-bond acceptors (Lipinski definition) is 4. The zero-order chi connectivity index (χ0) is 16.2. The van der Waals surface area contributed by atoms with Crippen LogP contribution in [0.15, 0.2) is 59.5 Å². The lowest BCUT2D eigenvalue weighted by atomic mass is 10.1. The number of rotatable bonds is 3. The molecule has 5 heteroatoms. The highest BCUT2D eigenvalue weighted by Crippen LogP contribution is 2.22. The predicted molar refractivity (Wildman–Crippen MR) is 86.9 cm³/mol. The summed E-state index contributed by atoms with van der Waals surface area (Å²) in [5.74, 6) is 0. The van der Waals surface area contributed by atoms with Crippen LogP contribution in [0.4, 0.5) is 5.69 Å². The van der Waals surface area contributed by atoms with Gasteiger partial charge in [-0.1, -0.05) is 36.4 Å². The summed E-state index contributed by atoms with van der Waals surface area (Å²) in [6, 6.07) is 18.7. The molecule has 3 rings (SSSR count). The minimum Gasteiger partial charge on any atom is -0.379 e. The van der Waals surface area contributed by atoms with Crippen molar-refractivity contribution in [2.45, 2.75) is 6.54 Å². The lowest BCUT2D eigenvalue weighted by Crippen LogP contribution is -2.20. The Morgan fingerprint density at radius 3 is 2.35 bits per heavy atom. The van der Waals surface area contributed by atoms with Gasteiger partial charge in [-0.2, -0.15) is 10.5 Å². The fraction of sp³-hybridized carbons (Fsp3) is 0.0556. The van der Waals surface area contributed by atoms with Crippen LogP contribution >= 0.6 is 0 Å². The van der Waals surface area contributed by atoms with Crippen molar-refractivity contribution in [1.82, 2.24) is 4.40 Å². The molecule has 5 nitrogen and oxygen atoms in total. The SMILES string of the molecule is N#Cc1c(NCc2ccccc2)c(C#N)c2ccccn2c1=O. The summed E-state index contributed by atoms with van der Waals surface area (Å²) < 4.78 is 1.32. The number of anilines is 1. The third kappa shape index (κ3) is 2.52. The average molecular weight is 300 g/mol. The Morgan fingerprint density at radius 1 is 0.957 bits per heavy atom. The molecule has 0 fully saturated rings. The Hall–Kier alpha value is -3.57. The Balaban J connectivity index is 2.17. The summed E-state index contributed by atoms with van der Waals surface area (Å²) in [6.07, 6.45) is 1.56. The smallest absolute Gasteiger partial charge is 0.275 e. The van der Waals surface area contributed by atoms with Crippen molar-refractivity contribution >= 4 is 11.2 Å². The summed E-state index contributed by atoms with van der Waals surface area (Å²) in [4.78, 5) is 12.5. The zero-order valence-electron chi connectivity index (χ0n) is 12.2. The molecule has 2 aromatic heterocycles. The van der Waals surface area contributed by atoms with Gasteiger partial charge in [-0.15, -0.1) is 0 Å². The van der Waals surface area contributed by atoms with E-state index in [1.54, 1.807) is 24.4 Å². The quantitative estimate of drug-likeness (QED) is 0.806. The van der Waals surface area contributed by atoms with E-state index in [9.17, 15) is 15.3 Å². The van der Waals surface area contributed by atoms with Crippen molar-refractivity contribution in [2.75, 3.05) is 5.32 Å². The minimum absolute atomic E-state index is 0.0545. The lowest BCUT2D eigenvalue weighted by Gasteiger charge is -2.12. The fourth-order valence-corrected chi connectivity index (χ4v) is 2.48. The number of aromatic nitrogens is 1. The number of pyridine rings is 2. The van der Waals surface area contributed by atoms with Crippen molar-refractivity contribution in [2.24, 2.45) is 0 Å². The van der Waals surface area contributed by atoms with E-state index in [1.165, 1.54) is 4.40 Å². The zero-order valence-corrected chi connectivity index (χ0v) is 12.2. The van der Waals surface area contributed by atoms with E-state index in [0.717, 1.165) is 5.56 Å². The largest absolute Gasteiger partial charge is 0.379 e. The Labute approximate surface area is 132 Å². The molecule has 0 radical (unpaired) electrons. The van der Waals surface area contributed by atoms with Gasteiger partial charge in [0.05, 0.1) is 11.2 Å². The molecule has 0 aliphatic heterocycles. The van der Waals surface area contributed by atoms with Gasteiger partial charge in [0.1, 0.15) is 23.3 Å². The van der Waals surface area contributed by atoms with Gasteiger partial charge in [-0.3, -0.25) is 9.20 Å². The molecular weight excluding hydrogens is 288 g/mol. The van der Waals surface area contributed by atoms with Crippen LogP contribution in [-0.2, 0) is 6.54 Å². The van der Waals surface area contributed by atoms with Gasteiger partial charge in [0.2, 0.25) is 0 Å². The number of nitrogens with one attached hydrogen (secondary N) is 1. The molecule has 0 saturated heterocycles. The van der Waals surface area contributed by atoms with Crippen LogP contribution in [0.5, 0.6) is 0 Å². The molecule has 0 unspecified atom stereocenters. The van der Waals surface area contributed by atoms with Crippen molar-refractivity contribution in [3.8, 4) is 12.1 Å². The van der Waals surface area contributed by atoms with Crippen molar-refractivity contribution < 1.29 is 0 Å². The first-order chi connectivity index (χ1) is 11.3. The van der Waals surface area contributed by atoms with Gasteiger partial charge in [-0.25, -0.2) is 0 Å². The maximum absolute atomic E-state index is 12.5. The molecular formula is C18H12N4O. The molecule has 0 bridgehead atoms. The van der Waals surface area contributed by atoms with Crippen LogP contribution in [0.2, 0.25) is 0 Å². The molecule has 110 valence electrons. The Morgan fingerprint density at radius 2 is 1.65 bits per heavy atom. The van der Waals surface area contributed by atoms with Gasteiger partial charge in [-0.05, 0) is 17.7 Å². The molecule has 0 aliphatic carbocycles. The number of benzene rings is 1. The molecule has 23 heavy (non-hydrogen) atoms. The highest BCUT2D eigenvalue weighted by molar-refractivity contribution is 5.77. The topological polar surface area (TPSA) is 81.1 Å². The van der Waals surface area contributed by atoms with Gasteiger partial charge < -0.3 is 5.32 Å². The molecule has 3 aromatic rings. The Bertz CT molecular complexity index is 1010. The minimum atomic E-state index is -0.433. The molecule has 2 heterocycles. The molecule has 0 saturated carbocycles. The molecule has 1 N–H and O–H groups in total. The van der Waals surface area contributed by atoms with Gasteiger partial charge >= 0.3 is 0 Å². The van der Waals surface area contributed by atoms with Crippen LogP contribution in [0.1, 0.15) is 16.7 Å². The number of fused-ring (bicyclic) bond motifs is 1. The summed E-state index contributed by atoms with van der Waals surface area (Å²) in [7, 11) is 0. The summed E-state index contributed by atoms with van der Waals surface area (Å²) in [5, 5.41) is 21.9. The van der Waals surface area contributed by atoms with Gasteiger partial charge in [0.25, 0.3) is 5.56 Å². The van der Waals surface area contributed by atoms with E-state index in [2.05, 4.69) is 11.4 Å². The van der Waals surface area contributed by atoms with Crippen LogP contribution in [-0.4, -0.2) is 4.40 Å². The standard InChI is InChI=1S/C18H12N4O/c19-10-14-16-8-4-5-9-22(16)18(23)15(11-20)17(14)21-12-13-6-2-1-3-7-13/h1-9,21H,12H2. The second-order valence-corrected chi connectivity index (χ2v) is 4.95. The molecule has 0 atom stereocenters. The van der Waals surface area contributed by atoms with E-state index in [-0.39, 0.29) is 16.8 Å². The highest BCUT2D eigenvalue weighted by Gasteiger charge is 2.17. The Kier molecular flexibility index (Phi) is 3.78. The van der Waals surface area contributed by atoms with E-state index < -0.39 is 5.56 Å². The monoisotopic (exact) mass is 300 g/mol. The molecule has 0 amide bonds. The van der Waals surface area contributed by atoms with Crippen LogP contribution in [0, 0.1) is 22.7 Å². The maximum atomic E-state index is 12.5. The van der Waals surface area contributed by atoms with Crippen LogP contribution < -0.4 is 10.9 Å². The van der Waals surface area contributed by atoms with Crippen LogP contribution in [0.3, 0.4) is 0 Å². The summed E-state index contributed by atoms with van der Waals surface area (Å²) >= 11 is 0. The first kappa shape index (κ1) is 14.4. The van der Waals surface area contributed by atoms with Crippen molar-refractivity contribution in [1.29, 1.82) is 10.5 Å². The van der Waals surface area contributed by atoms with Gasteiger partial charge in [0.15, 0.2) is 0 Å². The fourth-order valence-electron chi connectivity index (χ4n) is 2.48. The normalized spacial score (nSPS) is 10.0. The van der Waals surface area contributed by atoms with Crippen LogP contribution in [0.25, 0.3) is 5.52 Å². The second kappa shape index (κ2) is 6.05. The second-order valence-electron chi connectivity index (χ2n) is 4.95. The third-order valence-corrected chi connectivity index (χ3v) is 3.58.